The lowest BCUT2D eigenvalue weighted by atomic mass is 10.0. The molecule has 2 heterocycles. The molecule has 1 atom stereocenters. The summed E-state index contributed by atoms with van der Waals surface area (Å²) in [6.45, 7) is 3.87. The largest absolute Gasteiger partial charge is 0.497 e. The number of methoxy groups -OCH3 is 1. The molecule has 1 saturated heterocycles. The highest BCUT2D eigenvalue weighted by molar-refractivity contribution is 5.84. The molecule has 0 bridgehead atoms. The zero-order valence-electron chi connectivity index (χ0n) is 17.0. The van der Waals surface area contributed by atoms with E-state index in [-0.39, 0.29) is 24.4 Å². The number of carbonyl (C=O) groups is 2. The number of hydrogen-bond donors (Lipinski definition) is 1. The van der Waals surface area contributed by atoms with E-state index in [0.717, 1.165) is 30.7 Å². The Kier molecular flexibility index (Phi) is 6.64. The van der Waals surface area contributed by atoms with Crippen molar-refractivity contribution < 1.29 is 19.1 Å². The molecule has 0 saturated carbocycles. The van der Waals surface area contributed by atoms with Gasteiger partial charge in [-0.25, -0.2) is 4.98 Å². The number of carbonyl (C=O) groups excluding carboxylic acids is 2. The van der Waals surface area contributed by atoms with Crippen molar-refractivity contribution in [1.82, 2.24) is 20.2 Å². The van der Waals surface area contributed by atoms with Crippen LogP contribution in [0.1, 0.15) is 43.7 Å². The Balaban J connectivity index is 1.80. The van der Waals surface area contributed by atoms with Crippen LogP contribution in [0.2, 0.25) is 0 Å². The Labute approximate surface area is 170 Å². The lowest BCUT2D eigenvalue weighted by Crippen LogP contribution is -2.44. The highest BCUT2D eigenvalue weighted by Gasteiger charge is 2.30. The van der Waals surface area contributed by atoms with Gasteiger partial charge in [-0.3, -0.25) is 9.59 Å². The van der Waals surface area contributed by atoms with Gasteiger partial charge < -0.3 is 19.7 Å². The van der Waals surface area contributed by atoms with Crippen molar-refractivity contribution in [2.75, 3.05) is 20.2 Å². The van der Waals surface area contributed by atoms with Crippen LogP contribution in [0, 0.1) is 6.92 Å². The van der Waals surface area contributed by atoms with Crippen molar-refractivity contribution in [2.24, 2.45) is 0 Å². The van der Waals surface area contributed by atoms with E-state index >= 15 is 0 Å². The van der Waals surface area contributed by atoms with Crippen molar-refractivity contribution in [1.29, 1.82) is 0 Å². The van der Waals surface area contributed by atoms with Crippen molar-refractivity contribution in [3.63, 3.8) is 0 Å². The number of piperidine rings is 1. The Bertz CT molecular complexity index is 869. The normalized spacial score (nSPS) is 16.2. The molecule has 1 aliphatic heterocycles. The smallest absolute Gasteiger partial charge is 0.242 e. The predicted molar refractivity (Wildman–Crippen MR) is 107 cm³/mol. The molecule has 3 rings (SSSR count). The van der Waals surface area contributed by atoms with Crippen LogP contribution in [-0.4, -0.2) is 46.9 Å². The van der Waals surface area contributed by atoms with E-state index < -0.39 is 0 Å². The number of hydrogen-bond acceptors (Lipinski definition) is 6. The number of nitrogens with one attached hydrogen (secondary N) is 1. The quantitative estimate of drug-likeness (QED) is 0.804. The Hall–Kier alpha value is -3.16. The number of nitrogens with zero attached hydrogens (tertiary/aromatic N) is 3. The first-order valence-corrected chi connectivity index (χ1v) is 9.67. The molecule has 0 unspecified atom stereocenters. The third-order valence-corrected chi connectivity index (χ3v) is 4.74. The van der Waals surface area contributed by atoms with Crippen molar-refractivity contribution >= 4 is 11.8 Å². The van der Waals surface area contributed by atoms with Gasteiger partial charge in [0.2, 0.25) is 17.7 Å². The summed E-state index contributed by atoms with van der Waals surface area (Å²) >= 11 is 0. The van der Waals surface area contributed by atoms with Crippen LogP contribution in [0.3, 0.4) is 0 Å². The first-order chi connectivity index (χ1) is 14.0. The SMILES string of the molecule is COc1ccc(Oc2cc(C)nc([C@@H]3CCCCN3C(=O)CNC(C)=O)n2)cc1. The Morgan fingerprint density at radius 1 is 1.17 bits per heavy atom. The van der Waals surface area contributed by atoms with Crippen LogP contribution < -0.4 is 14.8 Å². The van der Waals surface area contributed by atoms with E-state index in [1.54, 1.807) is 30.2 Å². The Morgan fingerprint density at radius 3 is 2.59 bits per heavy atom. The van der Waals surface area contributed by atoms with Crippen LogP contribution in [-0.2, 0) is 9.59 Å². The molecular weight excluding hydrogens is 372 g/mol. The number of likely N-dealkylation sites (tertiary alicyclic amines) is 1. The lowest BCUT2D eigenvalue weighted by molar-refractivity contribution is -0.136. The van der Waals surface area contributed by atoms with E-state index in [1.165, 1.54) is 6.92 Å². The summed E-state index contributed by atoms with van der Waals surface area (Å²) in [5, 5.41) is 2.57. The Morgan fingerprint density at radius 2 is 1.90 bits per heavy atom. The maximum atomic E-state index is 12.6. The lowest BCUT2D eigenvalue weighted by Gasteiger charge is -2.35. The average Bonchev–Trinajstić information content (AvgIpc) is 2.72. The van der Waals surface area contributed by atoms with Crippen LogP contribution in [0.25, 0.3) is 0 Å². The van der Waals surface area contributed by atoms with Gasteiger partial charge in [-0.2, -0.15) is 4.98 Å². The monoisotopic (exact) mass is 398 g/mol. The van der Waals surface area contributed by atoms with Gasteiger partial charge in [0.05, 0.1) is 19.7 Å². The van der Waals surface area contributed by atoms with Gasteiger partial charge in [-0.1, -0.05) is 0 Å². The third-order valence-electron chi connectivity index (χ3n) is 4.74. The minimum atomic E-state index is -0.233. The number of amides is 2. The molecule has 8 nitrogen and oxygen atoms in total. The summed E-state index contributed by atoms with van der Waals surface area (Å²) in [7, 11) is 1.61. The van der Waals surface area contributed by atoms with Crippen molar-refractivity contribution in [3.05, 3.63) is 41.9 Å². The summed E-state index contributed by atoms with van der Waals surface area (Å²) in [4.78, 5) is 34.7. The highest BCUT2D eigenvalue weighted by Crippen LogP contribution is 2.31. The molecule has 2 amide bonds. The number of ether oxygens (including phenoxy) is 2. The first kappa shape index (κ1) is 20.6. The summed E-state index contributed by atoms with van der Waals surface area (Å²) in [6.07, 6.45) is 2.68. The number of aryl methyl sites for hydroxylation is 1. The minimum Gasteiger partial charge on any atom is -0.497 e. The van der Waals surface area contributed by atoms with E-state index in [0.29, 0.717) is 24.0 Å². The van der Waals surface area contributed by atoms with Gasteiger partial charge in [0, 0.05) is 25.2 Å². The molecule has 154 valence electrons. The zero-order valence-corrected chi connectivity index (χ0v) is 17.0. The van der Waals surface area contributed by atoms with Gasteiger partial charge in [0.1, 0.15) is 11.5 Å². The molecule has 0 radical (unpaired) electrons. The standard InChI is InChI=1S/C21H26N4O4/c1-14-12-19(29-17-9-7-16(28-3)8-10-17)24-21(23-14)18-6-4-5-11-25(18)20(27)13-22-15(2)26/h7-10,12,18H,4-6,11,13H2,1-3H3,(H,22,26)/t18-/m0/s1. The van der Waals surface area contributed by atoms with Crippen LogP contribution in [0.4, 0.5) is 0 Å². The molecule has 1 fully saturated rings. The van der Waals surface area contributed by atoms with E-state index in [2.05, 4.69) is 15.3 Å². The first-order valence-electron chi connectivity index (χ1n) is 9.67. The maximum absolute atomic E-state index is 12.6. The van der Waals surface area contributed by atoms with Crippen LogP contribution in [0.15, 0.2) is 30.3 Å². The molecule has 29 heavy (non-hydrogen) atoms. The molecule has 2 aromatic rings. The summed E-state index contributed by atoms with van der Waals surface area (Å²) < 4.78 is 11.1. The number of benzene rings is 1. The summed E-state index contributed by atoms with van der Waals surface area (Å²) in [6, 6.07) is 8.77. The number of rotatable bonds is 6. The molecule has 1 aromatic heterocycles. The van der Waals surface area contributed by atoms with Crippen LogP contribution >= 0.6 is 0 Å². The van der Waals surface area contributed by atoms with E-state index in [1.807, 2.05) is 19.1 Å². The van der Waals surface area contributed by atoms with E-state index in [9.17, 15) is 9.59 Å². The molecular formula is C21H26N4O4. The molecule has 1 N–H and O–H groups in total. The van der Waals surface area contributed by atoms with Crippen molar-refractivity contribution in [2.45, 2.75) is 39.2 Å². The molecule has 0 spiro atoms. The highest BCUT2D eigenvalue weighted by atomic mass is 16.5. The average molecular weight is 398 g/mol. The van der Waals surface area contributed by atoms with Gasteiger partial charge in [-0.15, -0.1) is 0 Å². The van der Waals surface area contributed by atoms with Gasteiger partial charge in [0.15, 0.2) is 5.82 Å². The second-order valence-electron chi connectivity index (χ2n) is 6.99. The predicted octanol–water partition coefficient (Wildman–Crippen LogP) is 2.78. The molecule has 1 aliphatic rings. The fourth-order valence-electron chi connectivity index (χ4n) is 3.33. The van der Waals surface area contributed by atoms with Gasteiger partial charge in [0.25, 0.3) is 0 Å². The second-order valence-corrected chi connectivity index (χ2v) is 6.99. The van der Waals surface area contributed by atoms with Gasteiger partial charge >= 0.3 is 0 Å². The van der Waals surface area contributed by atoms with E-state index in [4.69, 9.17) is 9.47 Å². The van der Waals surface area contributed by atoms with Crippen LogP contribution in [0.5, 0.6) is 17.4 Å². The molecule has 0 aliphatic carbocycles. The number of aromatic nitrogens is 2. The maximum Gasteiger partial charge on any atom is 0.242 e. The van der Waals surface area contributed by atoms with Crippen molar-refractivity contribution in [3.8, 4) is 17.4 Å². The fraction of sp³-hybridized carbons (Fsp3) is 0.429. The zero-order chi connectivity index (χ0) is 20.8. The third kappa shape index (κ3) is 5.43. The van der Waals surface area contributed by atoms with Gasteiger partial charge in [-0.05, 0) is 50.5 Å². The topological polar surface area (TPSA) is 93.7 Å². The fourth-order valence-corrected chi connectivity index (χ4v) is 3.33. The summed E-state index contributed by atoms with van der Waals surface area (Å²) in [5.41, 5.74) is 0.762. The molecule has 1 aromatic carbocycles. The second kappa shape index (κ2) is 9.36. The molecule has 8 heteroatoms. The summed E-state index contributed by atoms with van der Waals surface area (Å²) in [5.74, 6) is 2.01. The minimum absolute atomic E-state index is 0.0210.